The van der Waals surface area contributed by atoms with Gasteiger partial charge in [0.1, 0.15) is 0 Å². The quantitative estimate of drug-likeness (QED) is 0.663. The first kappa shape index (κ1) is 14.0. The van der Waals surface area contributed by atoms with E-state index < -0.39 is 11.7 Å². The number of rotatable bonds is 2. The standard InChI is InChI=1S/C13H8Cl2F3N/c14-19(15)12-7-6-10(13(16,17)18)8-11(12)9-4-2-1-3-5-9/h1-8H. The third kappa shape index (κ3) is 3.14. The molecule has 0 aliphatic heterocycles. The van der Waals surface area contributed by atoms with E-state index in [9.17, 15) is 13.2 Å². The second-order valence-corrected chi connectivity index (χ2v) is 4.68. The molecule has 0 radical (unpaired) electrons. The summed E-state index contributed by atoms with van der Waals surface area (Å²) < 4.78 is 39.0. The number of hydrogen-bond donors (Lipinski definition) is 0. The van der Waals surface area contributed by atoms with Crippen molar-refractivity contribution < 1.29 is 13.2 Å². The number of nitrogens with zero attached hydrogens (tertiary/aromatic N) is 1. The van der Waals surface area contributed by atoms with Crippen molar-refractivity contribution in [2.45, 2.75) is 6.18 Å². The lowest BCUT2D eigenvalue weighted by Gasteiger charge is -2.15. The van der Waals surface area contributed by atoms with Gasteiger partial charge in [-0.3, -0.25) is 0 Å². The molecular formula is C13H8Cl2F3N. The molecule has 1 nitrogen and oxygen atoms in total. The maximum Gasteiger partial charge on any atom is 0.416 e. The van der Waals surface area contributed by atoms with Gasteiger partial charge in [-0.05, 0) is 23.8 Å². The molecule has 0 saturated heterocycles. The van der Waals surface area contributed by atoms with Crippen LogP contribution in [0.25, 0.3) is 11.1 Å². The summed E-state index contributed by atoms with van der Waals surface area (Å²) in [6, 6.07) is 11.8. The lowest BCUT2D eigenvalue weighted by atomic mass is 10.0. The topological polar surface area (TPSA) is 3.24 Å². The molecule has 0 saturated carbocycles. The normalized spacial score (nSPS) is 11.4. The minimum atomic E-state index is -4.41. The molecule has 0 spiro atoms. The van der Waals surface area contributed by atoms with Gasteiger partial charge in [0.2, 0.25) is 0 Å². The minimum Gasteiger partial charge on any atom is -0.193 e. The zero-order valence-corrected chi connectivity index (χ0v) is 11.0. The molecule has 0 aliphatic rings. The van der Waals surface area contributed by atoms with Gasteiger partial charge in [0, 0.05) is 29.1 Å². The Labute approximate surface area is 118 Å². The van der Waals surface area contributed by atoms with Crippen LogP contribution in [0.4, 0.5) is 18.9 Å². The highest BCUT2D eigenvalue weighted by Gasteiger charge is 2.31. The lowest BCUT2D eigenvalue weighted by molar-refractivity contribution is -0.137. The molecule has 0 unspecified atom stereocenters. The van der Waals surface area contributed by atoms with Gasteiger partial charge in [-0.1, -0.05) is 30.3 Å². The zero-order valence-electron chi connectivity index (χ0n) is 9.46. The number of alkyl halides is 3. The highest BCUT2D eigenvalue weighted by atomic mass is 35.5. The van der Waals surface area contributed by atoms with Crippen LogP contribution in [0.1, 0.15) is 5.56 Å². The molecule has 0 heterocycles. The molecule has 0 fully saturated rings. The van der Waals surface area contributed by atoms with Crippen molar-refractivity contribution in [1.82, 2.24) is 0 Å². The average Bonchev–Trinajstić information content (AvgIpc) is 2.38. The van der Waals surface area contributed by atoms with Crippen molar-refractivity contribution in [2.24, 2.45) is 0 Å². The largest absolute Gasteiger partial charge is 0.416 e. The summed E-state index contributed by atoms with van der Waals surface area (Å²) in [5, 5.41) is 0. The van der Waals surface area contributed by atoms with Gasteiger partial charge in [0.15, 0.2) is 0 Å². The predicted molar refractivity (Wildman–Crippen MR) is 71.1 cm³/mol. The zero-order chi connectivity index (χ0) is 14.0. The number of benzene rings is 2. The monoisotopic (exact) mass is 305 g/mol. The number of anilines is 1. The Hall–Kier alpha value is -1.39. The number of hydrogen-bond acceptors (Lipinski definition) is 1. The van der Waals surface area contributed by atoms with Gasteiger partial charge in [-0.25, -0.2) is 0 Å². The Morgan fingerprint density at radius 3 is 2.05 bits per heavy atom. The first-order chi connectivity index (χ1) is 8.89. The van der Waals surface area contributed by atoms with Crippen LogP contribution in [0.5, 0.6) is 0 Å². The van der Waals surface area contributed by atoms with Crippen LogP contribution in [0.2, 0.25) is 0 Å². The van der Waals surface area contributed by atoms with Crippen molar-refractivity contribution in [3.8, 4) is 11.1 Å². The Morgan fingerprint density at radius 1 is 0.895 bits per heavy atom. The molecule has 2 aromatic carbocycles. The third-order valence-corrected chi connectivity index (χ3v) is 2.95. The highest BCUT2D eigenvalue weighted by molar-refractivity contribution is 6.49. The second-order valence-electron chi connectivity index (χ2n) is 3.83. The fourth-order valence-corrected chi connectivity index (χ4v) is 2.00. The molecule has 100 valence electrons. The van der Waals surface area contributed by atoms with Gasteiger partial charge >= 0.3 is 6.18 Å². The maximum absolute atomic E-state index is 12.7. The van der Waals surface area contributed by atoms with Crippen LogP contribution >= 0.6 is 23.6 Å². The fraction of sp³-hybridized carbons (Fsp3) is 0.0769. The van der Waals surface area contributed by atoms with Crippen molar-refractivity contribution in [2.75, 3.05) is 3.94 Å². The SMILES string of the molecule is FC(F)(F)c1ccc(N(Cl)Cl)c(-c2ccccc2)c1. The molecule has 0 atom stereocenters. The minimum absolute atomic E-state index is 0.294. The van der Waals surface area contributed by atoms with Gasteiger partial charge in [-0.15, -0.1) is 0 Å². The predicted octanol–water partition coefficient (Wildman–Crippen LogP) is 5.49. The van der Waals surface area contributed by atoms with Crippen LogP contribution in [0, 0.1) is 0 Å². The van der Waals surface area contributed by atoms with E-state index in [1.54, 1.807) is 30.3 Å². The molecule has 2 aromatic rings. The van der Waals surface area contributed by atoms with Crippen LogP contribution in [-0.2, 0) is 6.18 Å². The molecule has 0 aliphatic carbocycles. The smallest absolute Gasteiger partial charge is 0.193 e. The molecule has 0 N–H and O–H groups in total. The van der Waals surface area contributed by atoms with Crippen LogP contribution in [0.3, 0.4) is 0 Å². The molecule has 0 bridgehead atoms. The van der Waals surface area contributed by atoms with E-state index in [4.69, 9.17) is 23.6 Å². The van der Waals surface area contributed by atoms with E-state index in [2.05, 4.69) is 0 Å². The molecule has 19 heavy (non-hydrogen) atoms. The Morgan fingerprint density at radius 2 is 1.53 bits per heavy atom. The van der Waals surface area contributed by atoms with E-state index in [0.717, 1.165) is 16.1 Å². The van der Waals surface area contributed by atoms with E-state index >= 15 is 0 Å². The Bertz CT molecular complexity index is 568. The fourth-order valence-electron chi connectivity index (χ4n) is 1.71. The number of halogens is 5. The van der Waals surface area contributed by atoms with E-state index in [1.807, 2.05) is 0 Å². The molecule has 6 heteroatoms. The molecular weight excluding hydrogens is 298 g/mol. The first-order valence-corrected chi connectivity index (χ1v) is 5.95. The van der Waals surface area contributed by atoms with E-state index in [-0.39, 0.29) is 0 Å². The van der Waals surface area contributed by atoms with Crippen molar-refractivity contribution in [3.05, 3.63) is 54.1 Å². The van der Waals surface area contributed by atoms with Gasteiger partial charge < -0.3 is 0 Å². The maximum atomic E-state index is 12.7. The third-order valence-electron chi connectivity index (χ3n) is 2.59. The van der Waals surface area contributed by atoms with Crippen LogP contribution in [-0.4, -0.2) is 0 Å². The Balaban J connectivity index is 2.61. The summed E-state index contributed by atoms with van der Waals surface area (Å²) in [7, 11) is 0. The highest BCUT2D eigenvalue weighted by Crippen LogP contribution is 2.38. The Kier molecular flexibility index (Phi) is 3.92. The van der Waals surface area contributed by atoms with Crippen molar-refractivity contribution in [1.29, 1.82) is 0 Å². The van der Waals surface area contributed by atoms with Crippen LogP contribution < -0.4 is 3.94 Å². The molecule has 2 rings (SSSR count). The average molecular weight is 306 g/mol. The summed E-state index contributed by atoms with van der Waals surface area (Å²) in [4.78, 5) is 0. The molecule has 0 amide bonds. The lowest BCUT2D eigenvalue weighted by Crippen LogP contribution is -2.06. The second kappa shape index (κ2) is 5.31. The summed E-state index contributed by atoms with van der Waals surface area (Å²) in [5.74, 6) is 0. The van der Waals surface area contributed by atoms with Crippen molar-refractivity contribution >= 4 is 29.2 Å². The van der Waals surface area contributed by atoms with Gasteiger partial charge in [0.05, 0.1) is 11.3 Å². The van der Waals surface area contributed by atoms with Crippen molar-refractivity contribution in [3.63, 3.8) is 0 Å². The van der Waals surface area contributed by atoms with Gasteiger partial charge in [-0.2, -0.15) is 17.1 Å². The summed E-state index contributed by atoms with van der Waals surface area (Å²) >= 11 is 11.3. The van der Waals surface area contributed by atoms with Crippen LogP contribution in [0.15, 0.2) is 48.5 Å². The van der Waals surface area contributed by atoms with E-state index in [1.165, 1.54) is 6.07 Å². The summed E-state index contributed by atoms with van der Waals surface area (Å²) in [6.45, 7) is 0. The molecule has 0 aromatic heterocycles. The first-order valence-electron chi connectivity index (χ1n) is 5.28. The summed E-state index contributed by atoms with van der Waals surface area (Å²) in [6.07, 6.45) is -4.41. The summed E-state index contributed by atoms with van der Waals surface area (Å²) in [5.41, 5.74) is 0.475. The van der Waals surface area contributed by atoms with E-state index in [0.29, 0.717) is 16.8 Å². The van der Waals surface area contributed by atoms with Gasteiger partial charge in [0.25, 0.3) is 0 Å².